The van der Waals surface area contributed by atoms with Gasteiger partial charge in [0.15, 0.2) is 0 Å². The van der Waals surface area contributed by atoms with Crippen molar-refractivity contribution in [2.75, 3.05) is 24.5 Å². The summed E-state index contributed by atoms with van der Waals surface area (Å²) in [5, 5.41) is 11.7. The van der Waals surface area contributed by atoms with Crippen LogP contribution in [-0.4, -0.2) is 52.2 Å². The number of benzene rings is 2. The molecule has 2 unspecified atom stereocenters. The molecule has 8 nitrogen and oxygen atoms in total. The summed E-state index contributed by atoms with van der Waals surface area (Å²) >= 11 is 9.97. The number of imidazole rings is 1. The Bertz CT molecular complexity index is 1360. The van der Waals surface area contributed by atoms with Gasteiger partial charge in [0.2, 0.25) is 5.95 Å². The summed E-state index contributed by atoms with van der Waals surface area (Å²) in [6, 6.07) is 15.2. The van der Waals surface area contributed by atoms with Gasteiger partial charge in [0.25, 0.3) is 5.91 Å². The number of hydrogen-bond donors (Lipinski definition) is 4. The third-order valence-electron chi connectivity index (χ3n) is 7.54. The molecule has 2 aromatic carbocycles. The van der Waals surface area contributed by atoms with Crippen LogP contribution in [0.15, 0.2) is 64.9 Å². The zero-order valence-electron chi connectivity index (χ0n) is 21.0. The number of carbonyl (C=O) groups is 1. The topological polar surface area (TPSA) is 97.4 Å². The minimum atomic E-state index is -0.354. The number of alkyl halides is 1. The molecule has 1 aliphatic carbocycles. The van der Waals surface area contributed by atoms with Crippen LogP contribution in [0, 0.1) is 5.92 Å². The molecule has 2 atom stereocenters. The zero-order chi connectivity index (χ0) is 26.1. The lowest BCUT2D eigenvalue weighted by Crippen LogP contribution is -2.47. The van der Waals surface area contributed by atoms with Crippen LogP contribution in [0.2, 0.25) is 5.02 Å². The van der Waals surface area contributed by atoms with Crippen LogP contribution in [0.3, 0.4) is 0 Å². The third kappa shape index (κ3) is 5.40. The summed E-state index contributed by atoms with van der Waals surface area (Å²) in [6.45, 7) is 2.94. The summed E-state index contributed by atoms with van der Waals surface area (Å²) in [5.41, 5.74) is 9.09. The second-order valence-corrected chi connectivity index (χ2v) is 11.6. The van der Waals surface area contributed by atoms with Gasteiger partial charge in [-0.05, 0) is 67.9 Å². The maximum Gasteiger partial charge on any atom is 0.254 e. The molecule has 0 spiro atoms. The Morgan fingerprint density at radius 1 is 1.11 bits per heavy atom. The van der Waals surface area contributed by atoms with E-state index in [0.29, 0.717) is 16.5 Å². The van der Waals surface area contributed by atoms with E-state index < -0.39 is 0 Å². The Labute approximate surface area is 235 Å². The highest BCUT2D eigenvalue weighted by Crippen LogP contribution is 2.34. The van der Waals surface area contributed by atoms with Crippen molar-refractivity contribution < 1.29 is 4.79 Å². The number of carbonyl (C=O) groups excluding carboxylic acids is 1. The zero-order valence-corrected chi connectivity index (χ0v) is 23.4. The molecule has 2 fully saturated rings. The van der Waals surface area contributed by atoms with E-state index in [-0.39, 0.29) is 16.9 Å². The van der Waals surface area contributed by atoms with Gasteiger partial charge in [-0.1, -0.05) is 51.8 Å². The molecule has 3 heterocycles. The number of piperidine rings is 1. The number of hydrogen-bond acceptors (Lipinski definition) is 6. The maximum atomic E-state index is 12.8. The average molecular weight is 597 g/mol. The second kappa shape index (κ2) is 11.0. The van der Waals surface area contributed by atoms with Crippen molar-refractivity contribution in [3.8, 4) is 0 Å². The van der Waals surface area contributed by atoms with Crippen LogP contribution in [0.25, 0.3) is 11.0 Å². The molecule has 4 N–H and O–H groups in total. The van der Waals surface area contributed by atoms with Crippen LogP contribution in [0.5, 0.6) is 0 Å². The first kappa shape index (κ1) is 25.2. The number of allylic oxidation sites excluding steroid dienone is 2. The van der Waals surface area contributed by atoms with Crippen LogP contribution in [-0.2, 0) is 0 Å². The summed E-state index contributed by atoms with van der Waals surface area (Å²) in [5.74, 6) is 1.44. The normalized spacial score (nSPS) is 21.3. The number of nitrogens with zero attached hydrogens (tertiary/aromatic N) is 3. The van der Waals surface area contributed by atoms with Crippen molar-refractivity contribution in [1.29, 1.82) is 0 Å². The Balaban J connectivity index is 0.995. The molecule has 38 heavy (non-hydrogen) atoms. The predicted molar refractivity (Wildman–Crippen MR) is 156 cm³/mol. The van der Waals surface area contributed by atoms with Gasteiger partial charge in [-0.25, -0.2) is 4.98 Å². The molecular weight excluding hydrogens is 566 g/mol. The third-order valence-corrected chi connectivity index (χ3v) is 8.83. The molecule has 0 bridgehead atoms. The number of fused-ring (bicyclic) bond motifs is 1. The van der Waals surface area contributed by atoms with Crippen molar-refractivity contribution >= 4 is 56.1 Å². The van der Waals surface area contributed by atoms with Crippen molar-refractivity contribution in [3.63, 3.8) is 0 Å². The summed E-state index contributed by atoms with van der Waals surface area (Å²) in [7, 11) is 0. The lowest BCUT2D eigenvalue weighted by atomic mass is 9.93. The van der Waals surface area contributed by atoms with Crippen molar-refractivity contribution in [3.05, 3.63) is 70.4 Å². The summed E-state index contributed by atoms with van der Waals surface area (Å²) in [6.07, 6.45) is 5.26. The molecule has 10 heteroatoms. The molecule has 0 radical (unpaired) electrons. The molecule has 3 aromatic rings. The number of nitrogens with one attached hydrogen (secondary N) is 4. The van der Waals surface area contributed by atoms with E-state index in [1.807, 2.05) is 18.2 Å². The Kier molecular flexibility index (Phi) is 7.30. The summed E-state index contributed by atoms with van der Waals surface area (Å²) in [4.78, 5) is 23.2. The number of aromatic amines is 1. The first-order chi connectivity index (χ1) is 18.6. The van der Waals surface area contributed by atoms with E-state index in [1.165, 1.54) is 5.57 Å². The SMILES string of the molecule is O=C(NC1NN=C(C(NCCC2CCN(c3nc4ccccc4[nH]3)CC2)=C2CC2)C1Br)c1ccccc1Cl. The Hall–Kier alpha value is -3.04. The van der Waals surface area contributed by atoms with Gasteiger partial charge in [0, 0.05) is 19.6 Å². The lowest BCUT2D eigenvalue weighted by molar-refractivity contribution is 0.0934. The molecular formula is C28H31BrClN7O. The molecule has 1 saturated heterocycles. The maximum absolute atomic E-state index is 12.8. The number of H-pyrrole nitrogens is 1. The Morgan fingerprint density at radius 2 is 1.87 bits per heavy atom. The van der Waals surface area contributed by atoms with E-state index >= 15 is 0 Å². The highest BCUT2D eigenvalue weighted by atomic mass is 79.9. The molecule has 2 aliphatic heterocycles. The summed E-state index contributed by atoms with van der Waals surface area (Å²) < 4.78 is 0. The Morgan fingerprint density at radius 3 is 2.63 bits per heavy atom. The fourth-order valence-corrected chi connectivity index (χ4v) is 6.02. The average Bonchev–Trinajstić information content (AvgIpc) is 3.59. The van der Waals surface area contributed by atoms with Crippen molar-refractivity contribution in [2.45, 2.75) is 43.1 Å². The van der Waals surface area contributed by atoms with Crippen molar-refractivity contribution in [2.24, 2.45) is 11.0 Å². The van der Waals surface area contributed by atoms with Gasteiger partial charge in [-0.15, -0.1) is 0 Å². The smallest absolute Gasteiger partial charge is 0.254 e. The number of hydrazone groups is 1. The highest BCUT2D eigenvalue weighted by Gasteiger charge is 2.36. The standard InChI is InChI=1S/C28H31BrClN7O/c29-23-25(35-36-26(23)34-27(38)19-5-1-2-6-20(19)30)24(18-9-10-18)31-14-11-17-12-15-37(16-13-17)28-32-21-7-3-4-8-22(21)33-28/h1-8,17,23,26,31,36H,9-16H2,(H,32,33)(H,34,38). The molecule has 3 aliphatic rings. The van der Waals surface area contributed by atoms with E-state index in [0.717, 1.165) is 80.1 Å². The minimum absolute atomic E-state index is 0.142. The number of aromatic nitrogens is 2. The van der Waals surface area contributed by atoms with Gasteiger partial charge in [-0.3, -0.25) is 10.2 Å². The first-order valence-electron chi connectivity index (χ1n) is 13.3. The van der Waals surface area contributed by atoms with Gasteiger partial charge >= 0.3 is 0 Å². The van der Waals surface area contributed by atoms with Gasteiger partial charge < -0.3 is 20.5 Å². The van der Waals surface area contributed by atoms with Crippen LogP contribution in [0.4, 0.5) is 5.95 Å². The van der Waals surface area contributed by atoms with Gasteiger partial charge in [0.1, 0.15) is 16.7 Å². The monoisotopic (exact) mass is 595 g/mol. The number of amides is 1. The fourth-order valence-electron chi connectivity index (χ4n) is 5.22. The van der Waals surface area contributed by atoms with Gasteiger partial charge in [0.05, 0.1) is 27.3 Å². The largest absolute Gasteiger partial charge is 0.384 e. The number of anilines is 1. The molecule has 1 amide bonds. The second-order valence-electron chi connectivity index (χ2n) is 10.2. The number of para-hydroxylation sites is 2. The minimum Gasteiger partial charge on any atom is -0.384 e. The lowest BCUT2D eigenvalue weighted by Gasteiger charge is -2.32. The van der Waals surface area contributed by atoms with E-state index in [1.54, 1.807) is 18.2 Å². The highest BCUT2D eigenvalue weighted by molar-refractivity contribution is 9.10. The molecule has 6 rings (SSSR count). The van der Waals surface area contributed by atoms with E-state index in [9.17, 15) is 4.79 Å². The quantitative estimate of drug-likeness (QED) is 0.276. The number of rotatable bonds is 8. The van der Waals surface area contributed by atoms with E-state index in [4.69, 9.17) is 16.6 Å². The van der Waals surface area contributed by atoms with E-state index in [2.05, 4.69) is 59.1 Å². The van der Waals surface area contributed by atoms with Crippen LogP contribution in [0.1, 0.15) is 42.5 Å². The fraction of sp³-hybridized carbons (Fsp3) is 0.393. The molecule has 1 saturated carbocycles. The number of halogens is 2. The van der Waals surface area contributed by atoms with Crippen LogP contribution < -0.4 is 21.0 Å². The van der Waals surface area contributed by atoms with Gasteiger partial charge in [-0.2, -0.15) is 5.10 Å². The van der Waals surface area contributed by atoms with Crippen LogP contribution >= 0.6 is 27.5 Å². The predicted octanol–water partition coefficient (Wildman–Crippen LogP) is 4.94. The molecule has 1 aromatic heterocycles. The first-order valence-corrected chi connectivity index (χ1v) is 14.5. The molecule has 198 valence electrons. The van der Waals surface area contributed by atoms with Crippen molar-refractivity contribution in [1.82, 2.24) is 26.0 Å².